The van der Waals surface area contributed by atoms with Crippen molar-refractivity contribution in [2.24, 2.45) is 0 Å². The van der Waals surface area contributed by atoms with Crippen LogP contribution in [0, 0.1) is 5.82 Å². The number of nitrogens with one attached hydrogen (secondary N) is 1. The first-order valence-electron chi connectivity index (χ1n) is 8.92. The first-order valence-corrected chi connectivity index (χ1v) is 8.92. The Labute approximate surface area is 157 Å². The van der Waals surface area contributed by atoms with Crippen LogP contribution in [0.5, 0.6) is 5.75 Å². The number of hydrogen-bond donors (Lipinski definition) is 1. The second-order valence-electron chi connectivity index (χ2n) is 6.61. The number of nitrogens with zero attached hydrogens (tertiary/aromatic N) is 3. The summed E-state index contributed by atoms with van der Waals surface area (Å²) in [6, 6.07) is 14.4. The molecule has 1 aliphatic rings. The average molecular weight is 364 g/mol. The monoisotopic (exact) mass is 364 g/mol. The van der Waals surface area contributed by atoms with E-state index >= 15 is 0 Å². The summed E-state index contributed by atoms with van der Waals surface area (Å²) in [5.74, 6) is 1.16. The zero-order valence-electron chi connectivity index (χ0n) is 15.2. The van der Waals surface area contributed by atoms with Crippen LogP contribution in [0.25, 0.3) is 0 Å². The van der Waals surface area contributed by atoms with Crippen LogP contribution in [0.3, 0.4) is 0 Å². The quantitative estimate of drug-likeness (QED) is 0.743. The van der Waals surface area contributed by atoms with Gasteiger partial charge in [-0.2, -0.15) is 0 Å². The smallest absolute Gasteiger partial charge is 0.227 e. The fraction of sp³-hybridized carbons (Fsp3) is 0.238. The van der Waals surface area contributed by atoms with Crippen molar-refractivity contribution in [1.29, 1.82) is 0 Å². The lowest BCUT2D eigenvalue weighted by atomic mass is 10.1. The molecule has 0 bridgehead atoms. The lowest BCUT2D eigenvalue weighted by Crippen LogP contribution is -2.31. The normalized spacial score (nSPS) is 13.9. The van der Waals surface area contributed by atoms with Gasteiger partial charge in [-0.15, -0.1) is 0 Å². The van der Waals surface area contributed by atoms with Crippen molar-refractivity contribution in [2.45, 2.75) is 19.5 Å². The van der Waals surface area contributed by atoms with E-state index in [-0.39, 0.29) is 5.82 Å². The molecule has 0 unspecified atom stereocenters. The highest BCUT2D eigenvalue weighted by atomic mass is 19.1. The molecular formula is C21H21FN4O. The number of anilines is 2. The molecule has 27 heavy (non-hydrogen) atoms. The molecule has 0 atom stereocenters. The Morgan fingerprint density at radius 3 is 2.63 bits per heavy atom. The molecule has 138 valence electrons. The van der Waals surface area contributed by atoms with E-state index in [4.69, 9.17) is 4.74 Å². The molecule has 0 saturated carbocycles. The summed E-state index contributed by atoms with van der Waals surface area (Å²) in [6.45, 7) is 2.67. The number of fused-ring (bicyclic) bond motifs is 1. The van der Waals surface area contributed by atoms with Gasteiger partial charge in [0, 0.05) is 43.5 Å². The van der Waals surface area contributed by atoms with Gasteiger partial charge in [-0.1, -0.05) is 12.1 Å². The fourth-order valence-electron chi connectivity index (χ4n) is 3.22. The SMILES string of the molecule is COc1ccc(CN2CCc3nc(Nc4ccc(F)cc4)ncc3C2)cc1. The summed E-state index contributed by atoms with van der Waals surface area (Å²) < 4.78 is 18.2. The molecule has 5 nitrogen and oxygen atoms in total. The zero-order valence-corrected chi connectivity index (χ0v) is 15.2. The molecule has 1 aliphatic heterocycles. The Hall–Kier alpha value is -2.99. The van der Waals surface area contributed by atoms with E-state index in [1.54, 1.807) is 19.2 Å². The predicted molar refractivity (Wildman–Crippen MR) is 103 cm³/mol. The average Bonchev–Trinajstić information content (AvgIpc) is 2.70. The van der Waals surface area contributed by atoms with Gasteiger partial charge in [0.1, 0.15) is 11.6 Å². The minimum atomic E-state index is -0.260. The van der Waals surface area contributed by atoms with E-state index in [0.29, 0.717) is 5.95 Å². The third-order valence-corrected chi connectivity index (χ3v) is 4.68. The molecule has 0 aliphatic carbocycles. The van der Waals surface area contributed by atoms with Gasteiger partial charge in [0.25, 0.3) is 0 Å². The van der Waals surface area contributed by atoms with Crippen LogP contribution in [0.4, 0.5) is 16.0 Å². The van der Waals surface area contributed by atoms with Gasteiger partial charge in [-0.05, 0) is 42.0 Å². The maximum Gasteiger partial charge on any atom is 0.227 e. The van der Waals surface area contributed by atoms with Crippen molar-refractivity contribution < 1.29 is 9.13 Å². The number of hydrogen-bond acceptors (Lipinski definition) is 5. The zero-order chi connectivity index (χ0) is 18.6. The summed E-state index contributed by atoms with van der Waals surface area (Å²) in [5.41, 5.74) is 4.25. The van der Waals surface area contributed by atoms with Gasteiger partial charge in [0.15, 0.2) is 0 Å². The number of ether oxygens (including phenoxy) is 1. The molecule has 2 aromatic carbocycles. The third-order valence-electron chi connectivity index (χ3n) is 4.68. The highest BCUT2D eigenvalue weighted by Gasteiger charge is 2.18. The van der Waals surface area contributed by atoms with Crippen molar-refractivity contribution >= 4 is 11.6 Å². The van der Waals surface area contributed by atoms with E-state index in [1.165, 1.54) is 17.7 Å². The Balaban J connectivity index is 1.41. The number of halogens is 1. The highest BCUT2D eigenvalue weighted by Crippen LogP contribution is 2.22. The summed E-state index contributed by atoms with van der Waals surface area (Å²) in [6.07, 6.45) is 2.76. The van der Waals surface area contributed by atoms with Crippen LogP contribution in [-0.2, 0) is 19.5 Å². The standard InChI is InChI=1S/C21H21FN4O/c1-27-19-8-2-15(3-9-19)13-26-11-10-20-16(14-26)12-23-21(25-20)24-18-6-4-17(22)5-7-18/h2-9,12H,10-11,13-14H2,1H3,(H,23,24,25). The molecule has 0 amide bonds. The van der Waals surface area contributed by atoms with Crippen LogP contribution in [0.2, 0.25) is 0 Å². The van der Waals surface area contributed by atoms with Crippen LogP contribution in [0.15, 0.2) is 54.7 Å². The van der Waals surface area contributed by atoms with Gasteiger partial charge in [-0.3, -0.25) is 4.90 Å². The third kappa shape index (κ3) is 4.23. The number of aromatic nitrogens is 2. The van der Waals surface area contributed by atoms with Gasteiger partial charge in [-0.25, -0.2) is 14.4 Å². The largest absolute Gasteiger partial charge is 0.497 e. The van der Waals surface area contributed by atoms with Crippen molar-refractivity contribution in [3.63, 3.8) is 0 Å². The molecule has 0 fully saturated rings. The van der Waals surface area contributed by atoms with E-state index < -0.39 is 0 Å². The van der Waals surface area contributed by atoms with Gasteiger partial charge in [0.2, 0.25) is 5.95 Å². The van der Waals surface area contributed by atoms with Crippen LogP contribution < -0.4 is 10.1 Å². The minimum Gasteiger partial charge on any atom is -0.497 e. The van der Waals surface area contributed by atoms with E-state index in [9.17, 15) is 4.39 Å². The minimum absolute atomic E-state index is 0.260. The summed E-state index contributed by atoms with van der Waals surface area (Å²) in [7, 11) is 1.68. The summed E-state index contributed by atoms with van der Waals surface area (Å²) in [4.78, 5) is 11.4. The highest BCUT2D eigenvalue weighted by molar-refractivity contribution is 5.53. The van der Waals surface area contributed by atoms with Crippen LogP contribution in [0.1, 0.15) is 16.8 Å². The number of methoxy groups -OCH3 is 1. The van der Waals surface area contributed by atoms with Crippen LogP contribution in [-0.4, -0.2) is 28.5 Å². The molecule has 0 saturated heterocycles. The summed E-state index contributed by atoms with van der Waals surface area (Å²) in [5, 5.41) is 3.13. The molecule has 4 rings (SSSR count). The second-order valence-corrected chi connectivity index (χ2v) is 6.61. The lowest BCUT2D eigenvalue weighted by molar-refractivity contribution is 0.243. The Kier molecular flexibility index (Phi) is 4.98. The lowest BCUT2D eigenvalue weighted by Gasteiger charge is -2.28. The van der Waals surface area contributed by atoms with Gasteiger partial charge in [0.05, 0.1) is 12.8 Å². The first-order chi connectivity index (χ1) is 13.2. The Morgan fingerprint density at radius 2 is 1.89 bits per heavy atom. The topological polar surface area (TPSA) is 50.3 Å². The van der Waals surface area contributed by atoms with Crippen molar-refractivity contribution in [3.05, 3.63) is 77.4 Å². The second kappa shape index (κ2) is 7.72. The van der Waals surface area contributed by atoms with Crippen molar-refractivity contribution in [1.82, 2.24) is 14.9 Å². The summed E-state index contributed by atoms with van der Waals surface area (Å²) >= 11 is 0. The Bertz CT molecular complexity index is 912. The van der Waals surface area contributed by atoms with Gasteiger partial charge < -0.3 is 10.1 Å². The number of benzene rings is 2. The molecule has 0 radical (unpaired) electrons. The molecule has 2 heterocycles. The van der Waals surface area contributed by atoms with Crippen molar-refractivity contribution in [2.75, 3.05) is 19.0 Å². The van der Waals surface area contributed by atoms with Gasteiger partial charge >= 0.3 is 0 Å². The molecule has 1 N–H and O–H groups in total. The van der Waals surface area contributed by atoms with Crippen molar-refractivity contribution in [3.8, 4) is 5.75 Å². The van der Waals surface area contributed by atoms with E-state index in [2.05, 4.69) is 32.3 Å². The maximum absolute atomic E-state index is 13.0. The molecule has 6 heteroatoms. The van der Waals surface area contributed by atoms with E-state index in [1.807, 2.05) is 18.3 Å². The van der Waals surface area contributed by atoms with Crippen LogP contribution >= 0.6 is 0 Å². The first kappa shape index (κ1) is 17.4. The van der Waals surface area contributed by atoms with E-state index in [0.717, 1.165) is 48.7 Å². The molecule has 0 spiro atoms. The maximum atomic E-state index is 13.0. The molecule has 3 aromatic rings. The molecule has 1 aromatic heterocycles. The predicted octanol–water partition coefficient (Wildman–Crippen LogP) is 3.93. The number of rotatable bonds is 5. The Morgan fingerprint density at radius 1 is 1.11 bits per heavy atom. The molecular weight excluding hydrogens is 343 g/mol. The fourth-order valence-corrected chi connectivity index (χ4v) is 3.22.